The Labute approximate surface area is 124 Å². The Morgan fingerprint density at radius 1 is 1.05 bits per heavy atom. The molecule has 0 radical (unpaired) electrons. The summed E-state index contributed by atoms with van der Waals surface area (Å²) < 4.78 is 29.1. The number of hydrogen-bond acceptors (Lipinski definition) is 6. The minimum absolute atomic E-state index is 0.110. The van der Waals surface area contributed by atoms with E-state index in [2.05, 4.69) is 0 Å². The first-order valence-electron chi connectivity index (χ1n) is 7.82. The van der Waals surface area contributed by atoms with E-state index in [-0.39, 0.29) is 18.5 Å². The van der Waals surface area contributed by atoms with E-state index < -0.39 is 23.5 Å². The summed E-state index contributed by atoms with van der Waals surface area (Å²) in [7, 11) is 0. The molecule has 0 aromatic heterocycles. The summed E-state index contributed by atoms with van der Waals surface area (Å²) in [6, 6.07) is 0. The third kappa shape index (κ3) is 2.16. The standard InChI is InChI=1S/C15H22O6/c1-13(2)18-9-15(21-13)12(16)11-10(8-17-15)19-14(20-11)6-4-3-5-7-14/h10-11H,3-9H2,1-2H3/t10-,11?,15+/m1/s1. The highest BCUT2D eigenvalue weighted by Gasteiger charge is 2.63. The van der Waals surface area contributed by atoms with Crippen LogP contribution in [-0.2, 0) is 28.5 Å². The topological polar surface area (TPSA) is 63.2 Å². The maximum atomic E-state index is 12.8. The molecule has 3 saturated heterocycles. The van der Waals surface area contributed by atoms with Crippen molar-refractivity contribution in [3.05, 3.63) is 0 Å². The summed E-state index contributed by atoms with van der Waals surface area (Å²) in [5.74, 6) is -2.93. The summed E-state index contributed by atoms with van der Waals surface area (Å²) in [6.45, 7) is 3.97. The fourth-order valence-electron chi connectivity index (χ4n) is 3.76. The van der Waals surface area contributed by atoms with Gasteiger partial charge in [-0.3, -0.25) is 4.79 Å². The lowest BCUT2D eigenvalue weighted by molar-refractivity contribution is -0.263. The normalized spacial score (nSPS) is 44.4. The molecular weight excluding hydrogens is 276 g/mol. The quantitative estimate of drug-likeness (QED) is 0.675. The van der Waals surface area contributed by atoms with Gasteiger partial charge in [0.05, 0.1) is 6.61 Å². The number of carbonyl (C=O) groups excluding carboxylic acids is 1. The number of hydrogen-bond donors (Lipinski definition) is 0. The zero-order valence-corrected chi connectivity index (χ0v) is 12.6. The van der Waals surface area contributed by atoms with Gasteiger partial charge in [-0.1, -0.05) is 6.42 Å². The molecule has 21 heavy (non-hydrogen) atoms. The van der Waals surface area contributed by atoms with Gasteiger partial charge in [0.2, 0.25) is 5.78 Å². The summed E-state index contributed by atoms with van der Waals surface area (Å²) in [5, 5.41) is 0. The number of fused-ring (bicyclic) bond motifs is 1. The fourth-order valence-corrected chi connectivity index (χ4v) is 3.76. The molecule has 3 heterocycles. The van der Waals surface area contributed by atoms with Crippen molar-refractivity contribution in [3.63, 3.8) is 0 Å². The second kappa shape index (κ2) is 4.49. The Morgan fingerprint density at radius 3 is 2.48 bits per heavy atom. The number of Topliss-reactive ketones (excluding diaryl/α,β-unsaturated/α-hetero) is 1. The summed E-state index contributed by atoms with van der Waals surface area (Å²) >= 11 is 0. The smallest absolute Gasteiger partial charge is 0.258 e. The Kier molecular flexibility index (Phi) is 3.01. The lowest BCUT2D eigenvalue weighted by atomic mass is 9.94. The highest BCUT2D eigenvalue weighted by atomic mass is 16.8. The second-order valence-electron chi connectivity index (χ2n) is 6.88. The average Bonchev–Trinajstić information content (AvgIpc) is 2.95. The molecule has 0 N–H and O–H groups in total. The van der Waals surface area contributed by atoms with Gasteiger partial charge in [0.1, 0.15) is 12.7 Å². The molecule has 4 fully saturated rings. The summed E-state index contributed by atoms with van der Waals surface area (Å²) in [4.78, 5) is 12.8. The van der Waals surface area contributed by atoms with E-state index in [0.29, 0.717) is 6.61 Å². The van der Waals surface area contributed by atoms with Crippen molar-refractivity contribution in [1.29, 1.82) is 0 Å². The number of ketones is 1. The van der Waals surface area contributed by atoms with Crippen LogP contribution in [0.1, 0.15) is 46.0 Å². The Hall–Kier alpha value is -0.530. The molecule has 1 unspecified atom stereocenters. The Balaban J connectivity index is 1.55. The van der Waals surface area contributed by atoms with Gasteiger partial charge in [0.15, 0.2) is 17.7 Å². The first-order chi connectivity index (χ1) is 9.94. The van der Waals surface area contributed by atoms with Crippen LogP contribution in [0.15, 0.2) is 0 Å². The Morgan fingerprint density at radius 2 is 1.81 bits per heavy atom. The minimum Gasteiger partial charge on any atom is -0.344 e. The highest BCUT2D eigenvalue weighted by Crippen LogP contribution is 2.46. The predicted octanol–water partition coefficient (Wildman–Crippen LogP) is 1.51. The van der Waals surface area contributed by atoms with Crippen molar-refractivity contribution in [2.45, 2.75) is 75.5 Å². The van der Waals surface area contributed by atoms with Crippen molar-refractivity contribution in [3.8, 4) is 0 Å². The van der Waals surface area contributed by atoms with Crippen LogP contribution in [0.3, 0.4) is 0 Å². The van der Waals surface area contributed by atoms with Crippen LogP contribution < -0.4 is 0 Å². The monoisotopic (exact) mass is 298 g/mol. The van der Waals surface area contributed by atoms with Gasteiger partial charge in [-0.2, -0.15) is 0 Å². The molecule has 6 nitrogen and oxygen atoms in total. The van der Waals surface area contributed by atoms with Gasteiger partial charge in [-0.05, 0) is 26.7 Å². The highest BCUT2D eigenvalue weighted by molar-refractivity contribution is 5.92. The number of ether oxygens (including phenoxy) is 5. The van der Waals surface area contributed by atoms with E-state index in [9.17, 15) is 4.79 Å². The van der Waals surface area contributed by atoms with Crippen LogP contribution in [0.4, 0.5) is 0 Å². The zero-order valence-electron chi connectivity index (χ0n) is 12.6. The van der Waals surface area contributed by atoms with E-state index in [4.69, 9.17) is 23.7 Å². The van der Waals surface area contributed by atoms with E-state index in [0.717, 1.165) is 25.7 Å². The zero-order chi connectivity index (χ0) is 14.7. The molecule has 6 heteroatoms. The van der Waals surface area contributed by atoms with Gasteiger partial charge in [-0.15, -0.1) is 0 Å². The van der Waals surface area contributed by atoms with Gasteiger partial charge < -0.3 is 23.7 Å². The fraction of sp³-hybridized carbons (Fsp3) is 0.933. The largest absolute Gasteiger partial charge is 0.344 e. The van der Waals surface area contributed by atoms with Crippen LogP contribution in [0.5, 0.6) is 0 Å². The molecule has 1 saturated carbocycles. The first kappa shape index (κ1) is 14.1. The third-order valence-corrected chi connectivity index (χ3v) is 4.80. The van der Waals surface area contributed by atoms with Crippen LogP contribution >= 0.6 is 0 Å². The van der Waals surface area contributed by atoms with Gasteiger partial charge in [-0.25, -0.2) is 0 Å². The average molecular weight is 298 g/mol. The summed E-state index contributed by atoms with van der Waals surface area (Å²) in [5.41, 5.74) is 0. The maximum absolute atomic E-state index is 12.8. The van der Waals surface area contributed by atoms with Gasteiger partial charge >= 0.3 is 0 Å². The van der Waals surface area contributed by atoms with E-state index in [1.54, 1.807) is 13.8 Å². The van der Waals surface area contributed by atoms with E-state index in [1.807, 2.05) is 0 Å². The predicted molar refractivity (Wildman–Crippen MR) is 70.4 cm³/mol. The molecule has 0 amide bonds. The molecule has 2 spiro atoms. The van der Waals surface area contributed by atoms with Crippen LogP contribution in [0, 0.1) is 0 Å². The lowest BCUT2D eigenvalue weighted by Crippen LogP contribution is -2.58. The van der Waals surface area contributed by atoms with E-state index in [1.165, 1.54) is 6.42 Å². The Bertz CT molecular complexity index is 455. The van der Waals surface area contributed by atoms with Gasteiger partial charge in [0, 0.05) is 12.8 Å². The number of carbonyl (C=O) groups is 1. The molecule has 0 aromatic rings. The van der Waals surface area contributed by atoms with Crippen molar-refractivity contribution < 1.29 is 28.5 Å². The lowest BCUT2D eigenvalue weighted by Gasteiger charge is -2.35. The maximum Gasteiger partial charge on any atom is 0.258 e. The van der Waals surface area contributed by atoms with Crippen LogP contribution in [0.25, 0.3) is 0 Å². The molecule has 1 aliphatic carbocycles. The van der Waals surface area contributed by atoms with Crippen LogP contribution in [0.2, 0.25) is 0 Å². The van der Waals surface area contributed by atoms with Crippen LogP contribution in [-0.4, -0.2) is 48.6 Å². The third-order valence-electron chi connectivity index (χ3n) is 4.80. The SMILES string of the molecule is CC1(C)OC[C@]2(OC[C@H]3OC4(CCCCC4)OC3C2=O)O1. The molecule has 4 aliphatic rings. The minimum atomic E-state index is -1.33. The number of rotatable bonds is 0. The molecule has 118 valence electrons. The molecule has 0 bridgehead atoms. The van der Waals surface area contributed by atoms with Crippen molar-refractivity contribution in [1.82, 2.24) is 0 Å². The molecule has 0 aromatic carbocycles. The molecular formula is C15H22O6. The van der Waals surface area contributed by atoms with Crippen molar-refractivity contribution in [2.75, 3.05) is 13.2 Å². The summed E-state index contributed by atoms with van der Waals surface area (Å²) in [6.07, 6.45) is 4.12. The van der Waals surface area contributed by atoms with E-state index >= 15 is 0 Å². The van der Waals surface area contributed by atoms with Crippen molar-refractivity contribution >= 4 is 5.78 Å². The van der Waals surface area contributed by atoms with Gasteiger partial charge in [0.25, 0.3) is 5.79 Å². The second-order valence-corrected chi connectivity index (χ2v) is 6.88. The van der Waals surface area contributed by atoms with Crippen molar-refractivity contribution in [2.24, 2.45) is 0 Å². The molecule has 4 rings (SSSR count). The molecule has 3 aliphatic heterocycles. The molecule has 3 atom stereocenters. The first-order valence-corrected chi connectivity index (χ1v) is 7.82.